The van der Waals surface area contributed by atoms with E-state index in [4.69, 9.17) is 9.47 Å². The van der Waals surface area contributed by atoms with Crippen molar-refractivity contribution in [3.63, 3.8) is 0 Å². The van der Waals surface area contributed by atoms with Crippen molar-refractivity contribution in [1.82, 2.24) is 0 Å². The van der Waals surface area contributed by atoms with Gasteiger partial charge in [0.05, 0.1) is 0 Å². The summed E-state index contributed by atoms with van der Waals surface area (Å²) >= 11 is 1.90. The van der Waals surface area contributed by atoms with Gasteiger partial charge >= 0.3 is 5.97 Å². The summed E-state index contributed by atoms with van der Waals surface area (Å²) < 4.78 is 11.7. The summed E-state index contributed by atoms with van der Waals surface area (Å²) in [7, 11) is 0. The Balaban J connectivity index is 2.14. The number of unbranched alkanes of at least 4 members (excludes halogenated alkanes) is 3. The van der Waals surface area contributed by atoms with Gasteiger partial charge in [-0.1, -0.05) is 32.3 Å². The van der Waals surface area contributed by atoms with Crippen LogP contribution in [0.4, 0.5) is 0 Å². The van der Waals surface area contributed by atoms with Gasteiger partial charge in [0, 0.05) is 10.5 Å². The number of thioether (sulfide) groups is 1. The molecule has 0 radical (unpaired) electrons. The third-order valence-electron chi connectivity index (χ3n) is 6.15. The minimum atomic E-state index is -1.13. The first-order valence-electron chi connectivity index (χ1n) is 13.6. The molecule has 0 spiro atoms. The average Bonchev–Trinajstić information content (AvgIpc) is 2.80. The van der Waals surface area contributed by atoms with Crippen LogP contribution < -0.4 is 4.74 Å². The van der Waals surface area contributed by atoms with E-state index in [-0.39, 0.29) is 5.78 Å². The Morgan fingerprint density at radius 1 is 0.842 bits per heavy atom. The Morgan fingerprint density at radius 2 is 1.42 bits per heavy atom. The number of aryl methyl sites for hydroxylation is 4. The van der Waals surface area contributed by atoms with Crippen LogP contribution in [0.1, 0.15) is 105 Å². The van der Waals surface area contributed by atoms with Crippen LogP contribution in [0.15, 0.2) is 35.2 Å². The predicted octanol–water partition coefficient (Wildman–Crippen LogP) is 8.99. The summed E-state index contributed by atoms with van der Waals surface area (Å²) in [5.74, 6) is 1.34. The van der Waals surface area contributed by atoms with Crippen molar-refractivity contribution in [2.75, 3.05) is 5.75 Å². The maximum absolute atomic E-state index is 13.0. The van der Waals surface area contributed by atoms with E-state index in [9.17, 15) is 9.59 Å². The van der Waals surface area contributed by atoms with E-state index in [0.717, 1.165) is 33.6 Å². The number of carbonyl (C=O) groups is 2. The van der Waals surface area contributed by atoms with E-state index in [1.54, 1.807) is 19.9 Å². The molecule has 4 nitrogen and oxygen atoms in total. The van der Waals surface area contributed by atoms with E-state index in [1.807, 2.05) is 76.7 Å². The molecule has 0 saturated carbocycles. The monoisotopic (exact) mass is 538 g/mol. The van der Waals surface area contributed by atoms with Gasteiger partial charge in [-0.2, -0.15) is 0 Å². The lowest BCUT2D eigenvalue weighted by Gasteiger charge is -2.30. The topological polar surface area (TPSA) is 52.6 Å². The standard InChI is InChI=1S/C33H46O4S/c1-11-12-13-14-17-38-30-24(4)20-27(21-25(30)5)28(34)16-15-26-18-22(2)29(23(3)19-26)36-33(9,10)31(35)37-32(6,7)8/h15-16,18-21H,11-14,17H2,1-10H3/b16-15+. The maximum atomic E-state index is 13.0. The normalized spacial score (nSPS) is 12.2. The fourth-order valence-corrected chi connectivity index (χ4v) is 5.36. The highest BCUT2D eigenvalue weighted by Gasteiger charge is 2.35. The Kier molecular flexibility index (Phi) is 11.3. The summed E-state index contributed by atoms with van der Waals surface area (Å²) in [6.45, 7) is 19.2. The first-order valence-corrected chi connectivity index (χ1v) is 14.6. The van der Waals surface area contributed by atoms with E-state index in [0.29, 0.717) is 11.3 Å². The molecule has 38 heavy (non-hydrogen) atoms. The van der Waals surface area contributed by atoms with E-state index >= 15 is 0 Å². The molecule has 0 aromatic heterocycles. The molecule has 2 aromatic rings. The summed E-state index contributed by atoms with van der Waals surface area (Å²) in [5.41, 5.74) is 3.98. The number of hydrogen-bond donors (Lipinski definition) is 0. The lowest BCUT2D eigenvalue weighted by molar-refractivity contribution is -0.171. The van der Waals surface area contributed by atoms with Gasteiger partial charge in [-0.05, 0) is 133 Å². The molecule has 208 valence electrons. The van der Waals surface area contributed by atoms with Crippen molar-refractivity contribution >= 4 is 29.6 Å². The molecule has 0 atom stereocenters. The minimum Gasteiger partial charge on any atom is -0.476 e. The fraction of sp³-hybridized carbons (Fsp3) is 0.515. The molecular formula is C33H46O4S. The van der Waals surface area contributed by atoms with E-state index < -0.39 is 17.2 Å². The van der Waals surface area contributed by atoms with Crippen LogP contribution in [0.2, 0.25) is 0 Å². The first kappa shape index (κ1) is 31.7. The molecule has 0 N–H and O–H groups in total. The zero-order chi connectivity index (χ0) is 28.7. The number of ether oxygens (including phenoxy) is 2. The Bertz CT molecular complexity index is 1120. The zero-order valence-electron chi connectivity index (χ0n) is 25.0. The second-order valence-electron chi connectivity index (χ2n) is 11.6. The SMILES string of the molecule is CCCCCCSc1c(C)cc(C(=O)/C=C/c2cc(C)c(OC(C)(C)C(=O)OC(C)(C)C)c(C)c2)cc1C. The minimum absolute atomic E-state index is 0.0163. The Hall–Kier alpha value is -2.53. The smallest absolute Gasteiger partial charge is 0.350 e. The van der Waals surface area contributed by atoms with Crippen LogP contribution in [-0.4, -0.2) is 28.7 Å². The van der Waals surface area contributed by atoms with Crippen molar-refractivity contribution in [1.29, 1.82) is 0 Å². The van der Waals surface area contributed by atoms with Gasteiger partial charge < -0.3 is 9.47 Å². The molecule has 0 amide bonds. The number of allylic oxidation sites excluding steroid dienone is 1. The molecule has 5 heteroatoms. The molecule has 0 aliphatic heterocycles. The molecule has 2 aromatic carbocycles. The highest BCUT2D eigenvalue weighted by molar-refractivity contribution is 7.99. The summed E-state index contributed by atoms with van der Waals surface area (Å²) in [6, 6.07) is 7.93. The number of benzene rings is 2. The second kappa shape index (κ2) is 13.5. The molecule has 0 unspecified atom stereocenters. The molecule has 0 aliphatic carbocycles. The summed E-state index contributed by atoms with van der Waals surface area (Å²) in [4.78, 5) is 26.9. The van der Waals surface area contributed by atoms with Gasteiger partial charge in [0.25, 0.3) is 0 Å². The quantitative estimate of drug-likeness (QED) is 0.0887. The zero-order valence-corrected chi connectivity index (χ0v) is 25.9. The Morgan fingerprint density at radius 3 is 1.95 bits per heavy atom. The van der Waals surface area contributed by atoms with Gasteiger partial charge in [-0.15, -0.1) is 11.8 Å². The van der Waals surface area contributed by atoms with E-state index in [2.05, 4.69) is 20.8 Å². The Labute approximate surface area is 234 Å². The van der Waals surface area contributed by atoms with Gasteiger partial charge in [0.15, 0.2) is 11.4 Å². The highest BCUT2D eigenvalue weighted by atomic mass is 32.2. The van der Waals surface area contributed by atoms with Gasteiger partial charge in [-0.25, -0.2) is 4.79 Å². The molecule has 0 saturated heterocycles. The first-order chi connectivity index (χ1) is 17.6. The largest absolute Gasteiger partial charge is 0.476 e. The second-order valence-corrected chi connectivity index (χ2v) is 12.7. The van der Waals surface area contributed by atoms with Crippen LogP contribution >= 0.6 is 11.8 Å². The number of ketones is 1. The fourth-order valence-electron chi connectivity index (χ4n) is 4.23. The number of hydrogen-bond acceptors (Lipinski definition) is 5. The molecular weight excluding hydrogens is 492 g/mol. The van der Waals surface area contributed by atoms with Crippen molar-refractivity contribution in [3.8, 4) is 5.75 Å². The van der Waals surface area contributed by atoms with Gasteiger partial charge in [-0.3, -0.25) is 4.79 Å². The lowest BCUT2D eigenvalue weighted by Crippen LogP contribution is -2.43. The number of rotatable bonds is 12. The third-order valence-corrected chi connectivity index (χ3v) is 7.57. The maximum Gasteiger partial charge on any atom is 0.350 e. The van der Waals surface area contributed by atoms with Crippen LogP contribution in [0, 0.1) is 27.7 Å². The molecule has 0 bridgehead atoms. The molecule has 0 fully saturated rings. The van der Waals surface area contributed by atoms with Gasteiger partial charge in [0.1, 0.15) is 11.4 Å². The van der Waals surface area contributed by atoms with Crippen molar-refractivity contribution in [2.24, 2.45) is 0 Å². The van der Waals surface area contributed by atoms with Gasteiger partial charge in [0.2, 0.25) is 0 Å². The van der Waals surface area contributed by atoms with Crippen molar-refractivity contribution in [2.45, 2.75) is 111 Å². The van der Waals surface area contributed by atoms with Crippen LogP contribution in [0.25, 0.3) is 6.08 Å². The molecule has 0 aliphatic rings. The van der Waals surface area contributed by atoms with Crippen LogP contribution in [-0.2, 0) is 9.53 Å². The predicted molar refractivity (Wildman–Crippen MR) is 161 cm³/mol. The summed E-state index contributed by atoms with van der Waals surface area (Å²) in [5, 5.41) is 0. The van der Waals surface area contributed by atoms with Crippen molar-refractivity contribution < 1.29 is 19.1 Å². The molecule has 2 rings (SSSR count). The lowest BCUT2D eigenvalue weighted by atomic mass is 10.0. The number of carbonyl (C=O) groups excluding carboxylic acids is 2. The third kappa shape index (κ3) is 9.34. The van der Waals surface area contributed by atoms with Crippen molar-refractivity contribution in [3.05, 3.63) is 63.7 Å². The van der Waals surface area contributed by atoms with Crippen LogP contribution in [0.5, 0.6) is 5.75 Å². The average molecular weight is 539 g/mol. The van der Waals surface area contributed by atoms with E-state index in [1.165, 1.54) is 30.6 Å². The highest BCUT2D eigenvalue weighted by Crippen LogP contribution is 2.31. The number of esters is 1. The van der Waals surface area contributed by atoms with Crippen LogP contribution in [0.3, 0.4) is 0 Å². The molecule has 0 heterocycles. The summed E-state index contributed by atoms with van der Waals surface area (Å²) in [6.07, 6.45) is 8.50.